The molecule has 1 rings (SSSR count). The molecule has 0 aromatic heterocycles. The fourth-order valence-corrected chi connectivity index (χ4v) is 3.41. The smallest absolute Gasteiger partial charge is 0.322 e. The lowest BCUT2D eigenvalue weighted by Gasteiger charge is -2.15. The van der Waals surface area contributed by atoms with Gasteiger partial charge < -0.3 is 4.74 Å². The Morgan fingerprint density at radius 1 is 1.39 bits per heavy atom. The summed E-state index contributed by atoms with van der Waals surface area (Å²) < 4.78 is 17.4. The minimum Gasteiger partial charge on any atom is -0.465 e. The van der Waals surface area contributed by atoms with Gasteiger partial charge in [-0.25, -0.2) is 0 Å². The number of carbonyl (C=O) groups excluding carboxylic acids is 1. The fourth-order valence-electron chi connectivity index (χ4n) is 1.57. The van der Waals surface area contributed by atoms with Crippen LogP contribution in [0.5, 0.6) is 0 Å². The fraction of sp³-hybridized carbons (Fsp3) is 0.462. The molecule has 0 aliphatic carbocycles. The van der Waals surface area contributed by atoms with E-state index in [1.807, 2.05) is 6.92 Å². The summed E-state index contributed by atoms with van der Waals surface area (Å²) >= 11 is 6.00. The van der Waals surface area contributed by atoms with Gasteiger partial charge in [-0.1, -0.05) is 37.1 Å². The van der Waals surface area contributed by atoms with Gasteiger partial charge >= 0.3 is 5.97 Å². The van der Waals surface area contributed by atoms with Crippen molar-refractivity contribution in [1.29, 1.82) is 0 Å². The number of benzene rings is 1. The summed E-state index contributed by atoms with van der Waals surface area (Å²) in [6.07, 6.45) is 1.29. The van der Waals surface area contributed by atoms with Gasteiger partial charge in [0.1, 0.15) is 5.25 Å². The summed E-state index contributed by atoms with van der Waals surface area (Å²) in [4.78, 5) is 12.3. The van der Waals surface area contributed by atoms with Crippen molar-refractivity contribution in [3.05, 3.63) is 29.3 Å². The monoisotopic (exact) mass is 288 g/mol. The lowest BCUT2D eigenvalue weighted by atomic mass is 10.2. The highest BCUT2D eigenvalue weighted by Crippen LogP contribution is 2.23. The highest BCUT2D eigenvalue weighted by molar-refractivity contribution is 7.86. The molecule has 0 heterocycles. The molecule has 100 valence electrons. The minimum atomic E-state index is -1.47. The normalized spacial score (nSPS) is 13.9. The van der Waals surface area contributed by atoms with Crippen molar-refractivity contribution in [2.75, 3.05) is 6.61 Å². The summed E-state index contributed by atoms with van der Waals surface area (Å²) in [5.41, 5.74) is 0. The van der Waals surface area contributed by atoms with Crippen molar-refractivity contribution in [3.8, 4) is 0 Å². The molecule has 0 bridgehead atoms. The van der Waals surface area contributed by atoms with E-state index >= 15 is 0 Å². The van der Waals surface area contributed by atoms with Crippen LogP contribution in [0.1, 0.15) is 26.7 Å². The summed E-state index contributed by atoms with van der Waals surface area (Å²) in [6.45, 7) is 3.97. The first-order valence-electron chi connectivity index (χ1n) is 5.93. The maximum Gasteiger partial charge on any atom is 0.322 e. The van der Waals surface area contributed by atoms with E-state index < -0.39 is 22.0 Å². The molecular weight excluding hydrogens is 272 g/mol. The van der Waals surface area contributed by atoms with Gasteiger partial charge in [-0.2, -0.15) is 0 Å². The van der Waals surface area contributed by atoms with Crippen LogP contribution in [-0.2, 0) is 20.3 Å². The molecule has 0 saturated carbocycles. The molecule has 0 aliphatic heterocycles. The molecule has 0 amide bonds. The van der Waals surface area contributed by atoms with Crippen molar-refractivity contribution in [3.63, 3.8) is 0 Å². The van der Waals surface area contributed by atoms with E-state index in [9.17, 15) is 9.00 Å². The van der Waals surface area contributed by atoms with Crippen LogP contribution < -0.4 is 0 Å². The third kappa shape index (κ3) is 3.82. The van der Waals surface area contributed by atoms with Crippen molar-refractivity contribution in [2.24, 2.45) is 0 Å². The molecule has 5 heteroatoms. The Morgan fingerprint density at radius 2 is 2.06 bits per heavy atom. The molecule has 2 unspecified atom stereocenters. The number of hydrogen-bond donors (Lipinski definition) is 0. The molecule has 0 spiro atoms. The Bertz CT molecular complexity index is 434. The molecule has 0 fully saturated rings. The second-order valence-corrected chi connectivity index (χ2v) is 5.77. The molecule has 2 atom stereocenters. The summed E-state index contributed by atoms with van der Waals surface area (Å²) in [7, 11) is -1.47. The first-order valence-corrected chi connectivity index (χ1v) is 7.52. The molecule has 0 N–H and O–H groups in total. The van der Waals surface area contributed by atoms with Gasteiger partial charge in [0, 0.05) is 0 Å². The zero-order chi connectivity index (χ0) is 13.5. The molecule has 3 nitrogen and oxygen atoms in total. The van der Waals surface area contributed by atoms with Gasteiger partial charge in [0.2, 0.25) is 0 Å². The van der Waals surface area contributed by atoms with Crippen LogP contribution >= 0.6 is 11.6 Å². The molecule has 0 aliphatic rings. The van der Waals surface area contributed by atoms with Crippen molar-refractivity contribution in [1.82, 2.24) is 0 Å². The zero-order valence-corrected chi connectivity index (χ0v) is 12.1. The molecular formula is C13H17ClO3S. The largest absolute Gasteiger partial charge is 0.465 e. The molecule has 18 heavy (non-hydrogen) atoms. The molecule has 0 radical (unpaired) electrons. The Kier molecular flexibility index (Phi) is 6.36. The summed E-state index contributed by atoms with van der Waals surface area (Å²) in [6, 6.07) is 6.87. The predicted octanol–water partition coefficient (Wildman–Crippen LogP) is 3.18. The minimum absolute atomic E-state index is 0.290. The van der Waals surface area contributed by atoms with Gasteiger partial charge in [0.25, 0.3) is 0 Å². The Morgan fingerprint density at radius 3 is 2.61 bits per heavy atom. The van der Waals surface area contributed by atoms with Crippen LogP contribution in [0.25, 0.3) is 0 Å². The Balaban J connectivity index is 2.96. The van der Waals surface area contributed by atoms with Crippen LogP contribution in [-0.4, -0.2) is 22.0 Å². The highest BCUT2D eigenvalue weighted by atomic mass is 35.5. The average molecular weight is 289 g/mol. The van der Waals surface area contributed by atoms with E-state index in [2.05, 4.69) is 0 Å². The maximum absolute atomic E-state index is 12.4. The topological polar surface area (TPSA) is 43.4 Å². The van der Waals surface area contributed by atoms with E-state index in [0.29, 0.717) is 22.9 Å². The number of halogens is 1. The zero-order valence-electron chi connectivity index (χ0n) is 10.5. The van der Waals surface area contributed by atoms with Crippen LogP contribution in [0, 0.1) is 0 Å². The van der Waals surface area contributed by atoms with Crippen LogP contribution in [0.15, 0.2) is 29.2 Å². The number of carbonyl (C=O) groups is 1. The average Bonchev–Trinajstić information content (AvgIpc) is 2.36. The third-order valence-electron chi connectivity index (χ3n) is 2.41. The van der Waals surface area contributed by atoms with Crippen LogP contribution in [0.2, 0.25) is 5.02 Å². The van der Waals surface area contributed by atoms with Gasteiger partial charge in [0.05, 0.1) is 27.3 Å². The van der Waals surface area contributed by atoms with Crippen molar-refractivity contribution >= 4 is 28.4 Å². The van der Waals surface area contributed by atoms with E-state index in [4.69, 9.17) is 16.3 Å². The first kappa shape index (κ1) is 15.2. The molecule has 1 aromatic carbocycles. The number of ether oxygens (including phenoxy) is 1. The highest BCUT2D eigenvalue weighted by Gasteiger charge is 2.27. The SMILES string of the molecule is CCCC(C(=O)OCC)S(=O)c1ccccc1Cl. The standard InChI is InChI=1S/C13H17ClO3S/c1-3-7-12(13(15)17-4-2)18(16)11-9-6-5-8-10(11)14/h5-6,8-9,12H,3-4,7H2,1-2H3. The molecule has 0 saturated heterocycles. The predicted molar refractivity (Wildman–Crippen MR) is 73.2 cm³/mol. The Hall–Kier alpha value is -0.870. The first-order chi connectivity index (χ1) is 8.61. The quantitative estimate of drug-likeness (QED) is 0.755. The number of rotatable bonds is 6. The summed E-state index contributed by atoms with van der Waals surface area (Å²) in [5.74, 6) is -0.419. The lowest BCUT2D eigenvalue weighted by Crippen LogP contribution is -2.28. The van der Waals surface area contributed by atoms with Gasteiger partial charge in [-0.05, 0) is 25.5 Å². The van der Waals surface area contributed by atoms with Crippen molar-refractivity contribution < 1.29 is 13.7 Å². The van der Waals surface area contributed by atoms with Gasteiger partial charge in [-0.15, -0.1) is 0 Å². The maximum atomic E-state index is 12.4. The van der Waals surface area contributed by atoms with E-state index in [1.165, 1.54) is 0 Å². The van der Waals surface area contributed by atoms with Crippen LogP contribution in [0.4, 0.5) is 0 Å². The van der Waals surface area contributed by atoms with Crippen molar-refractivity contribution in [2.45, 2.75) is 36.8 Å². The van der Waals surface area contributed by atoms with E-state index in [-0.39, 0.29) is 0 Å². The van der Waals surface area contributed by atoms with Gasteiger partial charge in [0.15, 0.2) is 0 Å². The van der Waals surface area contributed by atoms with E-state index in [0.717, 1.165) is 6.42 Å². The number of esters is 1. The second kappa shape index (κ2) is 7.54. The molecule has 1 aromatic rings. The lowest BCUT2D eigenvalue weighted by molar-refractivity contribution is -0.142. The number of hydrogen-bond acceptors (Lipinski definition) is 3. The van der Waals surface area contributed by atoms with Crippen LogP contribution in [0.3, 0.4) is 0 Å². The van der Waals surface area contributed by atoms with Gasteiger partial charge in [-0.3, -0.25) is 9.00 Å². The summed E-state index contributed by atoms with van der Waals surface area (Å²) in [5, 5.41) is -0.226. The second-order valence-electron chi connectivity index (χ2n) is 3.76. The Labute approximate surface area is 115 Å². The van der Waals surface area contributed by atoms with E-state index in [1.54, 1.807) is 31.2 Å². The third-order valence-corrected chi connectivity index (χ3v) is 4.59.